The third kappa shape index (κ3) is 8.37. The number of rotatable bonds is 11. The molecule has 0 aliphatic rings. The van der Waals surface area contributed by atoms with Crippen molar-refractivity contribution in [3.63, 3.8) is 0 Å². The van der Waals surface area contributed by atoms with Crippen LogP contribution in [0.4, 0.5) is 11.4 Å². The number of nitrogens with two attached hydrogens (primary N) is 1. The summed E-state index contributed by atoms with van der Waals surface area (Å²) in [5.41, 5.74) is 9.16. The van der Waals surface area contributed by atoms with Gasteiger partial charge in [0.2, 0.25) is 5.91 Å². The van der Waals surface area contributed by atoms with Crippen molar-refractivity contribution in [1.29, 1.82) is 5.41 Å². The third-order valence-corrected chi connectivity index (χ3v) is 5.64. The smallest absolute Gasteiger partial charge is 0.338 e. The summed E-state index contributed by atoms with van der Waals surface area (Å²) < 4.78 is 9.92. The zero-order valence-electron chi connectivity index (χ0n) is 22.6. The highest BCUT2D eigenvalue weighted by Gasteiger charge is 2.23. The lowest BCUT2D eigenvalue weighted by Gasteiger charge is -2.28. The fourth-order valence-corrected chi connectivity index (χ4v) is 3.72. The number of nitrogens with zero attached hydrogens (tertiary/aromatic N) is 1. The van der Waals surface area contributed by atoms with Crippen LogP contribution in [0.15, 0.2) is 36.4 Å². The molecule has 0 saturated carbocycles. The maximum Gasteiger partial charge on any atom is 0.338 e. The van der Waals surface area contributed by atoms with Crippen LogP contribution in [0, 0.1) is 24.2 Å². The van der Waals surface area contributed by atoms with Gasteiger partial charge in [0, 0.05) is 28.5 Å². The minimum Gasteiger partial charge on any atom is -0.469 e. The molecule has 0 radical (unpaired) electrons. The summed E-state index contributed by atoms with van der Waals surface area (Å²) in [4.78, 5) is 38.3. The monoisotopic (exact) mass is 520 g/mol. The van der Waals surface area contributed by atoms with E-state index in [0.717, 1.165) is 24.0 Å². The van der Waals surface area contributed by atoms with Gasteiger partial charge in [0.25, 0.3) is 0 Å². The van der Waals surface area contributed by atoms with Crippen LogP contribution in [0.5, 0.6) is 0 Å². The minimum atomic E-state index is -0.579. The lowest BCUT2D eigenvalue weighted by Crippen LogP contribution is -2.38. The van der Waals surface area contributed by atoms with Crippen molar-refractivity contribution < 1.29 is 23.9 Å². The number of amides is 1. The molecule has 2 aromatic rings. The molecule has 2 rings (SSSR count). The third-order valence-electron chi connectivity index (χ3n) is 5.64. The molecule has 0 fully saturated rings. The molecule has 1 amide bonds. The molecule has 0 unspecified atom stereocenters. The van der Waals surface area contributed by atoms with E-state index < -0.39 is 11.9 Å². The van der Waals surface area contributed by atoms with Gasteiger partial charge >= 0.3 is 11.9 Å². The molecule has 202 valence electrons. The van der Waals surface area contributed by atoms with Gasteiger partial charge in [-0.05, 0) is 69.2 Å². The number of hydrogen-bond acceptors (Lipinski definition) is 7. The zero-order valence-corrected chi connectivity index (χ0v) is 22.6. The Bertz CT molecular complexity index is 1240. The van der Waals surface area contributed by atoms with Crippen LogP contribution in [0.3, 0.4) is 0 Å². The maximum absolute atomic E-state index is 12.7. The molecule has 0 aromatic heterocycles. The number of methoxy groups -OCH3 is 1. The number of carbonyl (C=O) groups is 3. The highest BCUT2D eigenvalue weighted by atomic mass is 16.5. The Morgan fingerprint density at radius 1 is 1.13 bits per heavy atom. The van der Waals surface area contributed by atoms with E-state index in [2.05, 4.69) is 21.9 Å². The van der Waals surface area contributed by atoms with Crippen molar-refractivity contribution in [1.82, 2.24) is 0 Å². The van der Waals surface area contributed by atoms with Gasteiger partial charge in [0.1, 0.15) is 12.3 Å². The highest BCUT2D eigenvalue weighted by molar-refractivity contribution is 6.06. The summed E-state index contributed by atoms with van der Waals surface area (Å²) in [5.74, 6) is 4.50. The Balaban J connectivity index is 2.13. The second-order valence-electron chi connectivity index (χ2n) is 8.93. The number of hydrogen-bond donors (Lipinski definition) is 3. The molecule has 0 spiro atoms. The minimum absolute atomic E-state index is 0.143. The highest BCUT2D eigenvalue weighted by Crippen LogP contribution is 2.24. The number of ether oxygens (including phenoxy) is 2. The number of aryl methyl sites for hydroxylation is 1. The van der Waals surface area contributed by atoms with E-state index in [1.807, 2.05) is 45.9 Å². The molecule has 0 saturated heterocycles. The molecular weight excluding hydrogens is 484 g/mol. The van der Waals surface area contributed by atoms with E-state index in [1.165, 1.54) is 7.11 Å². The van der Waals surface area contributed by atoms with Crippen LogP contribution in [-0.2, 0) is 19.1 Å². The first-order chi connectivity index (χ1) is 18.1. The van der Waals surface area contributed by atoms with Crippen molar-refractivity contribution in [2.45, 2.75) is 53.0 Å². The van der Waals surface area contributed by atoms with Crippen LogP contribution in [-0.4, -0.2) is 50.0 Å². The molecule has 9 heteroatoms. The summed E-state index contributed by atoms with van der Waals surface area (Å²) >= 11 is 0. The van der Waals surface area contributed by atoms with Crippen molar-refractivity contribution >= 4 is 35.1 Å². The van der Waals surface area contributed by atoms with Crippen molar-refractivity contribution in [2.75, 3.05) is 30.5 Å². The normalized spacial score (nSPS) is 10.3. The number of benzene rings is 2. The molecule has 38 heavy (non-hydrogen) atoms. The van der Waals surface area contributed by atoms with Crippen molar-refractivity contribution in [3.05, 3.63) is 58.7 Å². The summed E-state index contributed by atoms with van der Waals surface area (Å²) in [7, 11) is 1.26. The van der Waals surface area contributed by atoms with E-state index in [-0.39, 0.29) is 29.8 Å². The number of esters is 2. The van der Waals surface area contributed by atoms with Gasteiger partial charge in [-0.15, -0.1) is 0 Å². The van der Waals surface area contributed by atoms with Gasteiger partial charge in [-0.25, -0.2) is 4.79 Å². The molecule has 0 atom stereocenters. The summed E-state index contributed by atoms with van der Waals surface area (Å²) in [5, 5.41) is 10.9. The van der Waals surface area contributed by atoms with Crippen LogP contribution < -0.4 is 16.0 Å². The van der Waals surface area contributed by atoms with E-state index >= 15 is 0 Å². The number of amidine groups is 1. The van der Waals surface area contributed by atoms with Gasteiger partial charge in [-0.3, -0.25) is 15.0 Å². The average molecular weight is 521 g/mol. The molecule has 4 N–H and O–H groups in total. The Hall–Kier alpha value is -4.32. The first-order valence-corrected chi connectivity index (χ1v) is 12.5. The molecular formula is C29H36N4O5. The van der Waals surface area contributed by atoms with Crippen LogP contribution in [0.2, 0.25) is 0 Å². The molecule has 0 aliphatic carbocycles. The first kappa shape index (κ1) is 29.9. The van der Waals surface area contributed by atoms with Crippen LogP contribution >= 0.6 is 0 Å². The Morgan fingerprint density at radius 3 is 2.47 bits per heavy atom. The van der Waals surface area contributed by atoms with E-state index in [9.17, 15) is 14.4 Å². The second kappa shape index (κ2) is 14.4. The maximum atomic E-state index is 12.7. The number of anilines is 2. The van der Waals surface area contributed by atoms with Crippen LogP contribution in [0.25, 0.3) is 0 Å². The predicted molar refractivity (Wildman–Crippen MR) is 148 cm³/mol. The fourth-order valence-electron chi connectivity index (χ4n) is 3.72. The number of carbonyl (C=O) groups excluding carboxylic acids is 3. The summed E-state index contributed by atoms with van der Waals surface area (Å²) in [6.45, 7) is 8.27. The number of nitrogen functional groups attached to an aromatic ring is 1. The predicted octanol–water partition coefficient (Wildman–Crippen LogP) is 4.00. The first-order valence-electron chi connectivity index (χ1n) is 12.5. The zero-order chi connectivity index (χ0) is 28.2. The summed E-state index contributed by atoms with van der Waals surface area (Å²) in [6.07, 6.45) is 1.33. The fraction of sp³-hybridized carbons (Fsp3) is 0.379. The molecule has 0 bridgehead atoms. The molecule has 2 aromatic carbocycles. The van der Waals surface area contributed by atoms with Crippen molar-refractivity contribution in [3.8, 4) is 11.8 Å². The Labute approximate surface area is 224 Å². The number of nitrogens with one attached hydrogen (secondary N) is 2. The standard InChI is InChI=1S/C29H36N4O5/c1-6-7-15-38-29(36)24-17-22(11-12-23(24)28(30)31)32-14-8-9-21-10-13-25(20(4)16-21)33(19(2)3)26(34)18-27(35)37-5/h10-13,16-17,19,32H,6-7,14-15,18H2,1-5H3,(H3,30,31). The quantitative estimate of drug-likeness (QED) is 0.102. The van der Waals surface area contributed by atoms with Gasteiger partial charge in [-0.2, -0.15) is 0 Å². The lowest BCUT2D eigenvalue weighted by atomic mass is 10.1. The van der Waals surface area contributed by atoms with Gasteiger partial charge in [-0.1, -0.05) is 25.2 Å². The van der Waals surface area contributed by atoms with E-state index in [1.54, 1.807) is 23.1 Å². The summed E-state index contributed by atoms with van der Waals surface area (Å²) in [6, 6.07) is 10.3. The van der Waals surface area contributed by atoms with E-state index in [0.29, 0.717) is 30.1 Å². The topological polar surface area (TPSA) is 135 Å². The number of unbranched alkanes of at least 4 members (excludes halogenated alkanes) is 1. The SMILES string of the molecule is CCCCOC(=O)c1cc(NCC#Cc2ccc(N(C(=O)CC(=O)OC)C(C)C)c(C)c2)ccc1C(=N)N. The van der Waals surface area contributed by atoms with Gasteiger partial charge in [0.05, 0.1) is 25.8 Å². The van der Waals surface area contributed by atoms with Gasteiger partial charge < -0.3 is 25.4 Å². The Kier molecular flexibility index (Phi) is 11.4. The lowest BCUT2D eigenvalue weighted by molar-refractivity contribution is -0.143. The molecule has 0 aliphatic heterocycles. The largest absolute Gasteiger partial charge is 0.469 e. The average Bonchev–Trinajstić information content (AvgIpc) is 2.87. The van der Waals surface area contributed by atoms with Crippen LogP contribution in [0.1, 0.15) is 67.1 Å². The second-order valence-corrected chi connectivity index (χ2v) is 8.93. The van der Waals surface area contributed by atoms with Crippen molar-refractivity contribution in [2.24, 2.45) is 5.73 Å². The molecule has 0 heterocycles. The van der Waals surface area contributed by atoms with Gasteiger partial charge in [0.15, 0.2) is 0 Å². The molecule has 9 nitrogen and oxygen atoms in total. The Morgan fingerprint density at radius 2 is 1.87 bits per heavy atom. The van der Waals surface area contributed by atoms with E-state index in [4.69, 9.17) is 15.9 Å².